The lowest BCUT2D eigenvalue weighted by molar-refractivity contribution is 0.0687. The van der Waals surface area contributed by atoms with E-state index in [1.165, 1.54) is 18.2 Å². The Morgan fingerprint density at radius 1 is 1.43 bits per heavy atom. The van der Waals surface area contributed by atoms with Gasteiger partial charge in [0.1, 0.15) is 5.82 Å². The summed E-state index contributed by atoms with van der Waals surface area (Å²) in [7, 11) is 1.95. The van der Waals surface area contributed by atoms with Gasteiger partial charge in [0, 0.05) is 13.1 Å². The van der Waals surface area contributed by atoms with Gasteiger partial charge in [0.15, 0.2) is 0 Å². The zero-order valence-electron chi connectivity index (χ0n) is 12.1. The maximum atomic E-state index is 13.0. The predicted molar refractivity (Wildman–Crippen MR) is 85.8 cm³/mol. The highest BCUT2D eigenvalue weighted by atomic mass is 35.5. The van der Waals surface area contributed by atoms with Gasteiger partial charge in [0.2, 0.25) is 0 Å². The summed E-state index contributed by atoms with van der Waals surface area (Å²) in [6.07, 6.45) is 3.19. The van der Waals surface area contributed by atoms with Crippen LogP contribution in [0.5, 0.6) is 0 Å². The molecule has 1 aromatic rings. The van der Waals surface area contributed by atoms with Crippen molar-refractivity contribution in [3.05, 3.63) is 34.6 Å². The summed E-state index contributed by atoms with van der Waals surface area (Å²) in [4.78, 5) is 14.2. The standard InChI is InChI=1S/C15H20ClFN2O.ClH/c1-18-7-4-11-5-8-19(9-6-11)15(20)13-3-2-12(17)10-14(13)16;/h2-3,10-11,18H,4-9H2,1H3;1H. The van der Waals surface area contributed by atoms with Gasteiger partial charge in [-0.25, -0.2) is 4.39 Å². The van der Waals surface area contributed by atoms with E-state index in [0.29, 0.717) is 11.5 Å². The zero-order valence-corrected chi connectivity index (χ0v) is 13.6. The molecule has 1 fully saturated rings. The Labute approximate surface area is 136 Å². The Bertz CT molecular complexity index is 477. The van der Waals surface area contributed by atoms with Gasteiger partial charge in [-0.1, -0.05) is 11.6 Å². The lowest BCUT2D eigenvalue weighted by atomic mass is 9.93. The lowest BCUT2D eigenvalue weighted by Gasteiger charge is -2.32. The van der Waals surface area contributed by atoms with Crippen LogP contribution < -0.4 is 5.32 Å². The van der Waals surface area contributed by atoms with Crippen molar-refractivity contribution in [3.8, 4) is 0 Å². The number of nitrogens with one attached hydrogen (secondary N) is 1. The van der Waals surface area contributed by atoms with Gasteiger partial charge < -0.3 is 10.2 Å². The molecule has 0 saturated carbocycles. The van der Waals surface area contributed by atoms with E-state index in [9.17, 15) is 9.18 Å². The smallest absolute Gasteiger partial charge is 0.255 e. The Morgan fingerprint density at radius 2 is 2.10 bits per heavy atom. The molecular formula is C15H21Cl2FN2O. The van der Waals surface area contributed by atoms with Crippen LogP contribution in [0.25, 0.3) is 0 Å². The van der Waals surface area contributed by atoms with Crippen LogP contribution in [0, 0.1) is 11.7 Å². The molecule has 118 valence electrons. The van der Waals surface area contributed by atoms with Gasteiger partial charge in [-0.15, -0.1) is 12.4 Å². The molecule has 0 spiro atoms. The molecule has 1 amide bonds. The number of hydrogen-bond acceptors (Lipinski definition) is 2. The molecule has 6 heteroatoms. The maximum Gasteiger partial charge on any atom is 0.255 e. The van der Waals surface area contributed by atoms with E-state index in [4.69, 9.17) is 11.6 Å². The largest absolute Gasteiger partial charge is 0.339 e. The maximum absolute atomic E-state index is 13.0. The minimum Gasteiger partial charge on any atom is -0.339 e. The predicted octanol–water partition coefficient (Wildman–Crippen LogP) is 3.36. The first-order chi connectivity index (χ1) is 9.61. The van der Waals surface area contributed by atoms with Crippen molar-refractivity contribution in [2.24, 2.45) is 5.92 Å². The molecule has 1 aliphatic heterocycles. The Morgan fingerprint density at radius 3 is 2.67 bits per heavy atom. The molecule has 0 bridgehead atoms. The molecule has 0 atom stereocenters. The quantitative estimate of drug-likeness (QED) is 0.915. The fraction of sp³-hybridized carbons (Fsp3) is 0.533. The minimum absolute atomic E-state index is 0. The second-order valence-corrected chi connectivity index (χ2v) is 5.66. The van der Waals surface area contributed by atoms with Crippen LogP contribution in [0.3, 0.4) is 0 Å². The summed E-state index contributed by atoms with van der Waals surface area (Å²) < 4.78 is 13.0. The number of rotatable bonds is 4. The van der Waals surface area contributed by atoms with E-state index in [-0.39, 0.29) is 23.3 Å². The number of halogens is 3. The average Bonchev–Trinajstić information content (AvgIpc) is 2.45. The number of amides is 1. The second kappa shape index (κ2) is 8.57. The van der Waals surface area contributed by atoms with E-state index in [0.717, 1.165) is 38.9 Å². The van der Waals surface area contributed by atoms with Crippen molar-refractivity contribution in [2.75, 3.05) is 26.7 Å². The third-order valence-corrected chi connectivity index (χ3v) is 4.18. The Balaban J connectivity index is 0.00000220. The van der Waals surface area contributed by atoms with Crippen molar-refractivity contribution >= 4 is 29.9 Å². The molecule has 21 heavy (non-hydrogen) atoms. The molecule has 1 heterocycles. The van der Waals surface area contributed by atoms with E-state index < -0.39 is 5.82 Å². The summed E-state index contributed by atoms with van der Waals surface area (Å²) in [6, 6.07) is 3.93. The molecule has 0 aliphatic carbocycles. The molecule has 2 rings (SSSR count). The molecule has 1 aliphatic rings. The number of carbonyl (C=O) groups excluding carboxylic acids is 1. The van der Waals surface area contributed by atoms with Crippen molar-refractivity contribution < 1.29 is 9.18 Å². The number of nitrogens with zero attached hydrogens (tertiary/aromatic N) is 1. The van der Waals surface area contributed by atoms with Gasteiger partial charge in [0.25, 0.3) is 5.91 Å². The highest BCUT2D eigenvalue weighted by Crippen LogP contribution is 2.24. The molecule has 1 aromatic carbocycles. The summed E-state index contributed by atoms with van der Waals surface area (Å²) in [5.41, 5.74) is 0.391. The van der Waals surface area contributed by atoms with Crippen molar-refractivity contribution in [1.29, 1.82) is 0 Å². The summed E-state index contributed by atoms with van der Waals surface area (Å²) in [5.74, 6) is 0.162. The number of likely N-dealkylation sites (tertiary alicyclic amines) is 1. The van der Waals surface area contributed by atoms with Gasteiger partial charge in [-0.05, 0) is 57.0 Å². The third-order valence-electron chi connectivity index (χ3n) is 3.87. The first-order valence-electron chi connectivity index (χ1n) is 7.00. The average molecular weight is 335 g/mol. The van der Waals surface area contributed by atoms with Crippen LogP contribution in [-0.4, -0.2) is 37.5 Å². The highest BCUT2D eigenvalue weighted by Gasteiger charge is 2.24. The van der Waals surface area contributed by atoms with E-state index in [2.05, 4.69) is 5.32 Å². The summed E-state index contributed by atoms with van der Waals surface area (Å²) >= 11 is 5.95. The molecule has 0 aromatic heterocycles. The number of benzene rings is 1. The molecule has 0 unspecified atom stereocenters. The first-order valence-corrected chi connectivity index (χ1v) is 7.38. The van der Waals surface area contributed by atoms with Crippen LogP contribution in [0.15, 0.2) is 18.2 Å². The zero-order chi connectivity index (χ0) is 14.5. The molecule has 1 saturated heterocycles. The van der Waals surface area contributed by atoms with E-state index in [1.807, 2.05) is 11.9 Å². The fourth-order valence-corrected chi connectivity index (χ4v) is 2.85. The molecule has 3 nitrogen and oxygen atoms in total. The first kappa shape index (κ1) is 18.2. The molecule has 0 radical (unpaired) electrons. The van der Waals surface area contributed by atoms with E-state index >= 15 is 0 Å². The van der Waals surface area contributed by atoms with Crippen molar-refractivity contribution in [3.63, 3.8) is 0 Å². The van der Waals surface area contributed by atoms with E-state index in [1.54, 1.807) is 0 Å². The second-order valence-electron chi connectivity index (χ2n) is 5.25. The van der Waals surface area contributed by atoms with Gasteiger partial charge in [-0.3, -0.25) is 4.79 Å². The van der Waals surface area contributed by atoms with Crippen molar-refractivity contribution in [1.82, 2.24) is 10.2 Å². The summed E-state index contributed by atoms with van der Waals surface area (Å²) in [6.45, 7) is 2.52. The van der Waals surface area contributed by atoms with Crippen molar-refractivity contribution in [2.45, 2.75) is 19.3 Å². The molecule has 1 N–H and O–H groups in total. The number of carbonyl (C=O) groups is 1. The van der Waals surface area contributed by atoms with Crippen LogP contribution >= 0.6 is 24.0 Å². The van der Waals surface area contributed by atoms with Gasteiger partial charge in [-0.2, -0.15) is 0 Å². The monoisotopic (exact) mass is 334 g/mol. The van der Waals surface area contributed by atoms with Gasteiger partial charge in [0.05, 0.1) is 10.6 Å². The van der Waals surface area contributed by atoms with Crippen LogP contribution in [0.4, 0.5) is 4.39 Å². The third kappa shape index (κ3) is 4.83. The number of hydrogen-bond donors (Lipinski definition) is 1. The molecular weight excluding hydrogens is 314 g/mol. The van der Waals surface area contributed by atoms with Gasteiger partial charge >= 0.3 is 0 Å². The SMILES string of the molecule is CNCCC1CCN(C(=O)c2ccc(F)cc2Cl)CC1.Cl. The Hall–Kier alpha value is -0.840. The fourth-order valence-electron chi connectivity index (χ4n) is 2.61. The Kier molecular flexibility index (Phi) is 7.43. The normalized spacial score (nSPS) is 15.7. The number of piperidine rings is 1. The lowest BCUT2D eigenvalue weighted by Crippen LogP contribution is -2.39. The highest BCUT2D eigenvalue weighted by molar-refractivity contribution is 6.33. The van der Waals surface area contributed by atoms with Crippen LogP contribution in [-0.2, 0) is 0 Å². The van der Waals surface area contributed by atoms with Crippen LogP contribution in [0.2, 0.25) is 5.02 Å². The topological polar surface area (TPSA) is 32.3 Å². The van der Waals surface area contributed by atoms with Crippen LogP contribution in [0.1, 0.15) is 29.6 Å². The minimum atomic E-state index is -0.419. The summed E-state index contributed by atoms with van der Waals surface area (Å²) in [5, 5.41) is 3.34.